The summed E-state index contributed by atoms with van der Waals surface area (Å²) in [7, 11) is 0. The van der Waals surface area contributed by atoms with Crippen LogP contribution in [0.4, 0.5) is 0 Å². The molecule has 0 radical (unpaired) electrons. The van der Waals surface area contributed by atoms with Crippen LogP contribution in [0.5, 0.6) is 0 Å². The van der Waals surface area contributed by atoms with E-state index in [0.717, 1.165) is 25.7 Å². The van der Waals surface area contributed by atoms with E-state index in [-0.39, 0.29) is 59.0 Å². The van der Waals surface area contributed by atoms with Crippen LogP contribution in [0.15, 0.2) is 0 Å². The molecule has 0 spiro atoms. The third-order valence-electron chi connectivity index (χ3n) is 10.2. The number of rotatable bonds is 4. The summed E-state index contributed by atoms with van der Waals surface area (Å²) in [6.07, 6.45) is 8.91. The second kappa shape index (κ2) is 8.73. The smallest absolute Gasteiger partial charge is 0.550 e. The molecule has 4 rings (SSSR count). The summed E-state index contributed by atoms with van der Waals surface area (Å²) in [5, 5.41) is 32.4. The minimum Gasteiger partial charge on any atom is -0.550 e. The number of aliphatic hydroxyl groups is 2. The number of carbonyl (C=O) groups excluding carboxylic acids is 1. The monoisotopic (exact) mass is 414 g/mol. The van der Waals surface area contributed by atoms with Crippen LogP contribution >= 0.6 is 0 Å². The number of carbonyl (C=O) groups is 1. The van der Waals surface area contributed by atoms with Gasteiger partial charge >= 0.3 is 29.6 Å². The standard InChI is InChI=1S/C24H40O4.Na/c1-14(4-7-21(27)28)17-5-6-18-22-19(9-11-24(17,18)3)23(2)10-8-16(25)12-15(23)13-20(22)26;/h14-20,22,25-26H,4-13H2,1-3H3,(H,27,28);/q;+1/p-1/t14-,15+,16-,17-,18?,19?,20+,22?,23+,24-;/m1./s1. The van der Waals surface area contributed by atoms with Crippen LogP contribution in [-0.4, -0.2) is 28.4 Å². The van der Waals surface area contributed by atoms with Crippen LogP contribution in [0.3, 0.4) is 0 Å². The van der Waals surface area contributed by atoms with Gasteiger partial charge in [-0.05, 0) is 111 Å². The molecular formula is C24H39NaO4. The van der Waals surface area contributed by atoms with E-state index in [9.17, 15) is 20.1 Å². The Hall–Kier alpha value is 0.390. The van der Waals surface area contributed by atoms with Crippen LogP contribution < -0.4 is 34.7 Å². The van der Waals surface area contributed by atoms with Crippen LogP contribution in [0.25, 0.3) is 0 Å². The van der Waals surface area contributed by atoms with Crippen molar-refractivity contribution in [2.75, 3.05) is 0 Å². The zero-order valence-electron chi connectivity index (χ0n) is 18.9. The molecule has 5 heteroatoms. The van der Waals surface area contributed by atoms with Gasteiger partial charge in [-0.25, -0.2) is 0 Å². The van der Waals surface area contributed by atoms with Gasteiger partial charge in [-0.15, -0.1) is 0 Å². The first kappa shape index (κ1) is 24.0. The molecule has 0 saturated heterocycles. The molecule has 160 valence electrons. The van der Waals surface area contributed by atoms with E-state index in [1.165, 1.54) is 25.7 Å². The summed E-state index contributed by atoms with van der Waals surface area (Å²) >= 11 is 0. The fourth-order valence-corrected chi connectivity index (χ4v) is 8.72. The van der Waals surface area contributed by atoms with Crippen LogP contribution in [0.1, 0.15) is 85.0 Å². The average molecular weight is 415 g/mol. The molecule has 3 unspecified atom stereocenters. The first-order chi connectivity index (χ1) is 13.2. The molecule has 2 N–H and O–H groups in total. The molecule has 29 heavy (non-hydrogen) atoms. The Morgan fingerprint density at radius 2 is 1.69 bits per heavy atom. The van der Waals surface area contributed by atoms with Crippen molar-refractivity contribution in [1.82, 2.24) is 0 Å². The molecule has 4 aliphatic rings. The molecule has 0 amide bonds. The van der Waals surface area contributed by atoms with Gasteiger partial charge in [0.05, 0.1) is 12.2 Å². The number of hydrogen-bond donors (Lipinski definition) is 2. The van der Waals surface area contributed by atoms with Crippen molar-refractivity contribution in [3.05, 3.63) is 0 Å². The zero-order chi connectivity index (χ0) is 20.3. The van der Waals surface area contributed by atoms with Crippen molar-refractivity contribution < 1.29 is 49.7 Å². The first-order valence-electron chi connectivity index (χ1n) is 11.7. The van der Waals surface area contributed by atoms with Crippen LogP contribution in [-0.2, 0) is 4.79 Å². The Balaban J connectivity index is 0.00000240. The number of fused-ring (bicyclic) bond motifs is 5. The van der Waals surface area contributed by atoms with E-state index in [1.807, 2.05) is 0 Å². The number of hydrogen-bond acceptors (Lipinski definition) is 4. The Morgan fingerprint density at radius 3 is 2.38 bits per heavy atom. The van der Waals surface area contributed by atoms with Crippen molar-refractivity contribution in [2.24, 2.45) is 46.3 Å². The fraction of sp³-hybridized carbons (Fsp3) is 0.958. The molecule has 4 nitrogen and oxygen atoms in total. The summed E-state index contributed by atoms with van der Waals surface area (Å²) in [5.41, 5.74) is 0.494. The molecule has 0 heterocycles. The van der Waals surface area contributed by atoms with Crippen molar-refractivity contribution in [3.63, 3.8) is 0 Å². The first-order valence-corrected chi connectivity index (χ1v) is 11.7. The van der Waals surface area contributed by atoms with Gasteiger partial charge in [0.25, 0.3) is 0 Å². The zero-order valence-corrected chi connectivity index (χ0v) is 20.9. The van der Waals surface area contributed by atoms with Gasteiger partial charge in [-0.1, -0.05) is 20.8 Å². The van der Waals surface area contributed by atoms with E-state index in [4.69, 9.17) is 0 Å². The normalized spacial score (nSPS) is 49.9. The maximum Gasteiger partial charge on any atom is 1.00 e. The molecular weight excluding hydrogens is 375 g/mol. The van der Waals surface area contributed by atoms with Gasteiger partial charge in [0.1, 0.15) is 0 Å². The summed E-state index contributed by atoms with van der Waals surface area (Å²) in [6.45, 7) is 7.11. The van der Waals surface area contributed by atoms with Gasteiger partial charge in [-0.2, -0.15) is 0 Å². The Labute approximate surface area is 198 Å². The minimum atomic E-state index is -0.934. The third kappa shape index (κ3) is 3.99. The largest absolute Gasteiger partial charge is 1.00 e. The molecule has 4 aliphatic carbocycles. The molecule has 0 aromatic heterocycles. The number of carboxylic acids is 1. The third-order valence-corrected chi connectivity index (χ3v) is 10.2. The molecule has 0 aromatic carbocycles. The number of aliphatic hydroxyl groups excluding tert-OH is 2. The van der Waals surface area contributed by atoms with Crippen LogP contribution in [0, 0.1) is 46.3 Å². The second-order valence-electron chi connectivity index (χ2n) is 11.3. The maximum atomic E-state index is 11.2. The fourth-order valence-electron chi connectivity index (χ4n) is 8.72. The van der Waals surface area contributed by atoms with Crippen molar-refractivity contribution in [1.29, 1.82) is 0 Å². The van der Waals surface area contributed by atoms with Gasteiger partial charge in [0.2, 0.25) is 0 Å². The van der Waals surface area contributed by atoms with E-state index < -0.39 is 5.97 Å². The summed E-state index contributed by atoms with van der Waals surface area (Å²) in [5.74, 6) is 1.99. The Bertz CT molecular complexity index is 612. The quantitative estimate of drug-likeness (QED) is 0.642. The second-order valence-corrected chi connectivity index (χ2v) is 11.3. The van der Waals surface area contributed by atoms with Gasteiger partial charge < -0.3 is 20.1 Å². The Kier molecular flexibility index (Phi) is 7.24. The Morgan fingerprint density at radius 1 is 1.03 bits per heavy atom. The van der Waals surface area contributed by atoms with Gasteiger partial charge in [0.15, 0.2) is 0 Å². The van der Waals surface area contributed by atoms with Crippen molar-refractivity contribution >= 4 is 5.97 Å². The molecule has 0 aromatic rings. The topological polar surface area (TPSA) is 80.6 Å². The van der Waals surface area contributed by atoms with E-state index in [0.29, 0.717) is 41.9 Å². The van der Waals surface area contributed by atoms with E-state index in [1.54, 1.807) is 0 Å². The maximum absolute atomic E-state index is 11.2. The molecule has 4 fully saturated rings. The summed E-state index contributed by atoms with van der Waals surface area (Å²) < 4.78 is 0. The SMILES string of the molecule is C[C@H](CCC(=O)[O-])[C@H]1CCC2C3C(CC[C@@]21C)[C@@]1(C)CC[C@@H](O)C[C@H]1C[C@@H]3O.[Na+]. The average Bonchev–Trinajstić information content (AvgIpc) is 2.98. The number of aliphatic carboxylic acids is 1. The van der Waals surface area contributed by atoms with E-state index >= 15 is 0 Å². The summed E-state index contributed by atoms with van der Waals surface area (Å²) in [4.78, 5) is 10.9. The molecule has 0 aliphatic heterocycles. The summed E-state index contributed by atoms with van der Waals surface area (Å²) in [6, 6.07) is 0. The predicted octanol–water partition coefficient (Wildman–Crippen LogP) is 0.147. The van der Waals surface area contributed by atoms with Gasteiger partial charge in [0, 0.05) is 5.97 Å². The van der Waals surface area contributed by atoms with Crippen molar-refractivity contribution in [2.45, 2.75) is 97.2 Å². The number of carboxylic acid groups (broad SMARTS) is 1. The van der Waals surface area contributed by atoms with E-state index in [2.05, 4.69) is 20.8 Å². The molecule has 4 saturated carbocycles. The van der Waals surface area contributed by atoms with Gasteiger partial charge in [-0.3, -0.25) is 0 Å². The molecule has 0 bridgehead atoms. The van der Waals surface area contributed by atoms with Crippen molar-refractivity contribution in [3.8, 4) is 0 Å². The predicted molar refractivity (Wildman–Crippen MR) is 106 cm³/mol. The minimum absolute atomic E-state index is 0. The van der Waals surface area contributed by atoms with Crippen LogP contribution in [0.2, 0.25) is 0 Å². The molecule has 10 atom stereocenters.